The molecule has 0 atom stereocenters. The highest BCUT2D eigenvalue weighted by Gasteiger charge is 2.07. The minimum absolute atomic E-state index is 0.908. The van der Waals surface area contributed by atoms with Crippen molar-refractivity contribution in [3.05, 3.63) is 51.8 Å². The number of pyridine rings is 1. The molecular weight excluding hydrogens is 390 g/mol. The Hall–Kier alpha value is -1.88. The Morgan fingerprint density at radius 2 is 1.88 bits per heavy atom. The first-order valence-electron chi connectivity index (χ1n) is 9.06. The van der Waals surface area contributed by atoms with Crippen molar-refractivity contribution < 1.29 is 4.74 Å². The topological polar surface area (TPSA) is 37.7 Å². The van der Waals surface area contributed by atoms with E-state index >= 15 is 0 Å². The maximum absolute atomic E-state index is 5.20. The summed E-state index contributed by atoms with van der Waals surface area (Å²) in [5.74, 6) is 0.908. The van der Waals surface area contributed by atoms with Crippen LogP contribution in [0.2, 0.25) is 0 Å². The van der Waals surface area contributed by atoms with Crippen LogP contribution in [0, 0.1) is 6.92 Å². The summed E-state index contributed by atoms with van der Waals surface area (Å²) >= 11 is 3.65. The van der Waals surface area contributed by atoms with Crippen molar-refractivity contribution in [2.75, 3.05) is 20.7 Å². The summed E-state index contributed by atoms with van der Waals surface area (Å²) in [6, 6.07) is 10.4. The molecule has 2 rings (SSSR count). The lowest BCUT2D eigenvalue weighted by atomic mass is 10.1. The van der Waals surface area contributed by atoms with Crippen LogP contribution in [0.15, 0.2) is 39.8 Å². The van der Waals surface area contributed by atoms with Crippen LogP contribution in [-0.2, 0) is 12.8 Å². The molecule has 0 bridgehead atoms. The van der Waals surface area contributed by atoms with E-state index < -0.39 is 0 Å². The number of halogens is 1. The second-order valence-electron chi connectivity index (χ2n) is 6.39. The largest absolute Gasteiger partial charge is 0.497 e. The molecule has 2 aromatic rings. The normalized spacial score (nSPS) is 11.1. The molecule has 0 aliphatic carbocycles. The molecule has 0 saturated carbocycles. The first kappa shape index (κ1) is 20.4. The standard InChI is InChI=1S/C21H28BrN3O/c1-5-25(3)15-23-21-14-19(22)20(24-16(21)2)9-7-6-8-17-10-12-18(26-4)13-11-17/h10-15H,5-9H2,1-4H3/b23-15+. The van der Waals surface area contributed by atoms with Gasteiger partial charge in [0.05, 0.1) is 30.5 Å². The number of rotatable bonds is 9. The smallest absolute Gasteiger partial charge is 0.118 e. The fourth-order valence-corrected chi connectivity index (χ4v) is 3.09. The predicted molar refractivity (Wildman–Crippen MR) is 113 cm³/mol. The van der Waals surface area contributed by atoms with Crippen LogP contribution >= 0.6 is 15.9 Å². The van der Waals surface area contributed by atoms with Crippen LogP contribution in [0.5, 0.6) is 5.75 Å². The van der Waals surface area contributed by atoms with Crippen LogP contribution < -0.4 is 4.74 Å². The molecule has 0 radical (unpaired) electrons. The quantitative estimate of drug-likeness (QED) is 0.314. The third-order valence-electron chi connectivity index (χ3n) is 4.39. The van der Waals surface area contributed by atoms with Crippen molar-refractivity contribution in [1.82, 2.24) is 9.88 Å². The third-order valence-corrected chi connectivity index (χ3v) is 5.08. The van der Waals surface area contributed by atoms with Crippen LogP contribution in [0.4, 0.5) is 5.69 Å². The summed E-state index contributed by atoms with van der Waals surface area (Å²) < 4.78 is 6.24. The van der Waals surface area contributed by atoms with Crippen molar-refractivity contribution in [2.24, 2.45) is 4.99 Å². The van der Waals surface area contributed by atoms with E-state index in [1.807, 2.05) is 37.3 Å². The zero-order valence-electron chi connectivity index (χ0n) is 16.1. The number of hydrogen-bond acceptors (Lipinski definition) is 3. The molecule has 0 aliphatic heterocycles. The van der Waals surface area contributed by atoms with Gasteiger partial charge in [-0.1, -0.05) is 12.1 Å². The van der Waals surface area contributed by atoms with Gasteiger partial charge in [0, 0.05) is 18.1 Å². The Kier molecular flexibility index (Phi) is 8.10. The lowest BCUT2D eigenvalue weighted by molar-refractivity contribution is 0.414. The second-order valence-corrected chi connectivity index (χ2v) is 7.25. The first-order valence-corrected chi connectivity index (χ1v) is 9.86. The summed E-state index contributed by atoms with van der Waals surface area (Å²) in [4.78, 5) is 11.3. The third kappa shape index (κ3) is 6.13. The van der Waals surface area contributed by atoms with Crippen LogP contribution in [0.25, 0.3) is 0 Å². The number of nitrogens with zero attached hydrogens (tertiary/aromatic N) is 3. The number of aliphatic imine (C=N–C) groups is 1. The zero-order valence-corrected chi connectivity index (χ0v) is 17.7. The van der Waals surface area contributed by atoms with Crippen molar-refractivity contribution in [3.8, 4) is 5.75 Å². The number of aromatic nitrogens is 1. The molecule has 5 heteroatoms. The van der Waals surface area contributed by atoms with Crippen molar-refractivity contribution in [3.63, 3.8) is 0 Å². The lowest BCUT2D eigenvalue weighted by Gasteiger charge is -2.10. The molecule has 140 valence electrons. The van der Waals surface area contributed by atoms with Crippen molar-refractivity contribution >= 4 is 28.0 Å². The SMILES string of the molecule is CCN(C)/C=N/c1cc(Br)c(CCCCc2ccc(OC)cc2)nc1C. The van der Waals surface area contributed by atoms with Gasteiger partial charge in [-0.3, -0.25) is 4.98 Å². The molecule has 0 aliphatic rings. The van der Waals surface area contributed by atoms with Crippen LogP contribution in [0.3, 0.4) is 0 Å². The number of aryl methyl sites for hydroxylation is 3. The number of unbranched alkanes of at least 4 members (excludes halogenated alkanes) is 1. The minimum Gasteiger partial charge on any atom is -0.497 e. The highest BCUT2D eigenvalue weighted by atomic mass is 79.9. The molecule has 26 heavy (non-hydrogen) atoms. The van der Waals surface area contributed by atoms with Crippen molar-refractivity contribution in [1.29, 1.82) is 0 Å². The molecule has 0 unspecified atom stereocenters. The highest BCUT2D eigenvalue weighted by Crippen LogP contribution is 2.26. The van der Waals surface area contributed by atoms with Gasteiger partial charge in [-0.25, -0.2) is 4.99 Å². The molecule has 1 aromatic carbocycles. The van der Waals surface area contributed by atoms with E-state index in [1.54, 1.807) is 7.11 Å². The molecule has 0 N–H and O–H groups in total. The van der Waals surface area contributed by atoms with Gasteiger partial charge in [0.1, 0.15) is 5.75 Å². The van der Waals surface area contributed by atoms with E-state index in [0.29, 0.717) is 0 Å². The zero-order chi connectivity index (χ0) is 18.9. The molecular formula is C21H28BrN3O. The first-order chi connectivity index (χ1) is 12.5. The summed E-state index contributed by atoms with van der Waals surface area (Å²) in [6.45, 7) is 5.05. The Balaban J connectivity index is 1.88. The lowest BCUT2D eigenvalue weighted by Crippen LogP contribution is -2.14. The Morgan fingerprint density at radius 3 is 2.54 bits per heavy atom. The molecule has 0 saturated heterocycles. The summed E-state index contributed by atoms with van der Waals surface area (Å²) in [5.41, 5.74) is 4.34. The summed E-state index contributed by atoms with van der Waals surface area (Å²) in [5, 5.41) is 0. The fraction of sp³-hybridized carbons (Fsp3) is 0.429. The van der Waals surface area contributed by atoms with Gasteiger partial charge in [0.15, 0.2) is 0 Å². The molecule has 0 fully saturated rings. The highest BCUT2D eigenvalue weighted by molar-refractivity contribution is 9.10. The number of benzene rings is 1. The predicted octanol–water partition coefficient (Wildman–Crippen LogP) is 5.34. The minimum atomic E-state index is 0.908. The number of methoxy groups -OCH3 is 1. The van der Waals surface area contributed by atoms with Gasteiger partial charge < -0.3 is 9.64 Å². The molecule has 0 spiro atoms. The fourth-order valence-electron chi connectivity index (χ4n) is 2.58. The molecule has 4 nitrogen and oxygen atoms in total. The van der Waals surface area contributed by atoms with Gasteiger partial charge in [-0.05, 0) is 79.2 Å². The van der Waals surface area contributed by atoms with Gasteiger partial charge in [-0.15, -0.1) is 0 Å². The van der Waals surface area contributed by atoms with E-state index in [9.17, 15) is 0 Å². The maximum Gasteiger partial charge on any atom is 0.118 e. The summed E-state index contributed by atoms with van der Waals surface area (Å²) in [7, 11) is 3.71. The van der Waals surface area contributed by atoms with Gasteiger partial charge >= 0.3 is 0 Å². The second kappa shape index (κ2) is 10.3. The molecule has 0 amide bonds. The van der Waals surface area contributed by atoms with E-state index in [1.165, 1.54) is 5.56 Å². The van der Waals surface area contributed by atoms with Gasteiger partial charge in [0.2, 0.25) is 0 Å². The van der Waals surface area contributed by atoms with E-state index in [4.69, 9.17) is 9.72 Å². The monoisotopic (exact) mass is 417 g/mol. The van der Waals surface area contributed by atoms with E-state index in [0.717, 1.165) is 59.5 Å². The van der Waals surface area contributed by atoms with Gasteiger partial charge in [-0.2, -0.15) is 0 Å². The number of hydrogen-bond donors (Lipinski definition) is 0. The van der Waals surface area contributed by atoms with E-state index in [-0.39, 0.29) is 0 Å². The molecule has 1 heterocycles. The van der Waals surface area contributed by atoms with Crippen LogP contribution in [0.1, 0.15) is 36.7 Å². The summed E-state index contributed by atoms with van der Waals surface area (Å²) in [6.07, 6.45) is 6.15. The number of ether oxygens (including phenoxy) is 1. The Morgan fingerprint density at radius 1 is 1.19 bits per heavy atom. The van der Waals surface area contributed by atoms with Crippen LogP contribution in [-0.4, -0.2) is 36.9 Å². The average molecular weight is 418 g/mol. The maximum atomic E-state index is 5.20. The van der Waals surface area contributed by atoms with Crippen molar-refractivity contribution in [2.45, 2.75) is 39.5 Å². The van der Waals surface area contributed by atoms with E-state index in [2.05, 4.69) is 46.0 Å². The Bertz CT molecular complexity index is 729. The average Bonchev–Trinajstić information content (AvgIpc) is 2.66. The Labute approximate surface area is 165 Å². The molecule has 1 aromatic heterocycles. The van der Waals surface area contributed by atoms with Gasteiger partial charge in [0.25, 0.3) is 0 Å².